The molecule has 0 radical (unpaired) electrons. The second-order valence-electron chi connectivity index (χ2n) is 5.30. The molecule has 114 valence electrons. The minimum atomic E-state index is 0.0578. The standard InChI is InChI=1S/C16H23BrN4/c1-5-7-18-15(14-12(4)8-11(3)9-19-14)16-13(17)10-20-21(16)6-2/h8-10,15,18H,5-7H2,1-4H3. The van der Waals surface area contributed by atoms with E-state index in [4.69, 9.17) is 0 Å². The summed E-state index contributed by atoms with van der Waals surface area (Å²) in [5, 5.41) is 8.05. The lowest BCUT2D eigenvalue weighted by Crippen LogP contribution is -2.27. The molecule has 0 saturated heterocycles. The van der Waals surface area contributed by atoms with Gasteiger partial charge in [-0.1, -0.05) is 13.0 Å². The third-order valence-electron chi connectivity index (χ3n) is 3.53. The van der Waals surface area contributed by atoms with E-state index in [0.29, 0.717) is 0 Å². The minimum absolute atomic E-state index is 0.0578. The Bertz CT molecular complexity index is 606. The first-order valence-electron chi connectivity index (χ1n) is 7.46. The summed E-state index contributed by atoms with van der Waals surface area (Å²) in [7, 11) is 0. The summed E-state index contributed by atoms with van der Waals surface area (Å²) < 4.78 is 3.05. The molecular formula is C16H23BrN4. The van der Waals surface area contributed by atoms with Crippen LogP contribution in [0, 0.1) is 13.8 Å². The van der Waals surface area contributed by atoms with Gasteiger partial charge in [-0.3, -0.25) is 9.67 Å². The van der Waals surface area contributed by atoms with Crippen LogP contribution in [-0.4, -0.2) is 21.3 Å². The first-order valence-corrected chi connectivity index (χ1v) is 8.25. The van der Waals surface area contributed by atoms with Crippen LogP contribution in [0.3, 0.4) is 0 Å². The topological polar surface area (TPSA) is 42.7 Å². The van der Waals surface area contributed by atoms with Gasteiger partial charge in [0.2, 0.25) is 0 Å². The van der Waals surface area contributed by atoms with Crippen molar-refractivity contribution in [2.24, 2.45) is 0 Å². The first-order chi connectivity index (χ1) is 10.1. The fraction of sp³-hybridized carbons (Fsp3) is 0.500. The van der Waals surface area contributed by atoms with Gasteiger partial charge in [0.1, 0.15) is 0 Å². The Morgan fingerprint density at radius 2 is 2.05 bits per heavy atom. The number of hydrogen-bond donors (Lipinski definition) is 1. The van der Waals surface area contributed by atoms with Crippen LogP contribution in [-0.2, 0) is 6.54 Å². The number of nitrogens with zero attached hydrogens (tertiary/aromatic N) is 3. The molecule has 2 rings (SSSR count). The zero-order valence-corrected chi connectivity index (χ0v) is 14.7. The van der Waals surface area contributed by atoms with E-state index < -0.39 is 0 Å². The van der Waals surface area contributed by atoms with Gasteiger partial charge >= 0.3 is 0 Å². The van der Waals surface area contributed by atoms with Crippen molar-refractivity contribution in [3.63, 3.8) is 0 Å². The summed E-state index contributed by atoms with van der Waals surface area (Å²) in [4.78, 5) is 4.68. The molecule has 21 heavy (non-hydrogen) atoms. The zero-order chi connectivity index (χ0) is 15.4. The van der Waals surface area contributed by atoms with E-state index in [-0.39, 0.29) is 6.04 Å². The SMILES string of the molecule is CCCNC(c1ncc(C)cc1C)c1c(Br)cnn1CC. The van der Waals surface area contributed by atoms with Crippen LogP contribution in [0.4, 0.5) is 0 Å². The highest BCUT2D eigenvalue weighted by molar-refractivity contribution is 9.10. The van der Waals surface area contributed by atoms with Gasteiger partial charge in [0.25, 0.3) is 0 Å². The molecule has 1 N–H and O–H groups in total. The predicted molar refractivity (Wildman–Crippen MR) is 89.4 cm³/mol. The first kappa shape index (κ1) is 16.2. The second-order valence-corrected chi connectivity index (χ2v) is 6.15. The number of aryl methyl sites for hydroxylation is 3. The Morgan fingerprint density at radius 1 is 1.29 bits per heavy atom. The number of hydrogen-bond acceptors (Lipinski definition) is 3. The quantitative estimate of drug-likeness (QED) is 0.862. The van der Waals surface area contributed by atoms with Gasteiger partial charge in [0.05, 0.1) is 28.1 Å². The van der Waals surface area contributed by atoms with Gasteiger partial charge in [-0.25, -0.2) is 0 Å². The van der Waals surface area contributed by atoms with E-state index in [1.54, 1.807) is 0 Å². The van der Waals surface area contributed by atoms with Crippen LogP contribution in [0.1, 0.15) is 48.8 Å². The van der Waals surface area contributed by atoms with Crippen LogP contribution in [0.5, 0.6) is 0 Å². The fourth-order valence-electron chi connectivity index (χ4n) is 2.55. The Morgan fingerprint density at radius 3 is 2.67 bits per heavy atom. The molecule has 0 aliphatic rings. The lowest BCUT2D eigenvalue weighted by molar-refractivity contribution is 0.518. The highest BCUT2D eigenvalue weighted by atomic mass is 79.9. The molecule has 2 heterocycles. The van der Waals surface area contributed by atoms with Gasteiger partial charge < -0.3 is 5.32 Å². The van der Waals surface area contributed by atoms with Gasteiger partial charge in [-0.15, -0.1) is 0 Å². The summed E-state index contributed by atoms with van der Waals surface area (Å²) in [5.41, 5.74) is 4.61. The van der Waals surface area contributed by atoms with Gasteiger partial charge in [-0.2, -0.15) is 5.10 Å². The largest absolute Gasteiger partial charge is 0.304 e. The number of pyridine rings is 1. The third-order valence-corrected chi connectivity index (χ3v) is 4.14. The van der Waals surface area contributed by atoms with Crippen molar-refractivity contribution in [3.8, 4) is 0 Å². The fourth-order valence-corrected chi connectivity index (χ4v) is 3.08. The third kappa shape index (κ3) is 3.52. The Labute approximate surface area is 135 Å². The van der Waals surface area contributed by atoms with Crippen molar-refractivity contribution < 1.29 is 0 Å². The maximum absolute atomic E-state index is 4.68. The van der Waals surface area contributed by atoms with Crippen LogP contribution >= 0.6 is 15.9 Å². The molecule has 0 fully saturated rings. The molecule has 2 aromatic heterocycles. The molecule has 0 amide bonds. The summed E-state index contributed by atoms with van der Waals surface area (Å²) >= 11 is 3.64. The summed E-state index contributed by atoms with van der Waals surface area (Å²) in [5.74, 6) is 0. The van der Waals surface area contributed by atoms with Crippen LogP contribution in [0.2, 0.25) is 0 Å². The predicted octanol–water partition coefficient (Wildman–Crippen LogP) is 3.77. The second kappa shape index (κ2) is 7.18. The van der Waals surface area contributed by atoms with Crippen molar-refractivity contribution in [3.05, 3.63) is 45.4 Å². The van der Waals surface area contributed by atoms with E-state index in [2.05, 4.69) is 65.1 Å². The lowest BCUT2D eigenvalue weighted by Gasteiger charge is -2.22. The van der Waals surface area contributed by atoms with Gasteiger partial charge in [0.15, 0.2) is 0 Å². The van der Waals surface area contributed by atoms with Gasteiger partial charge in [0, 0.05) is 12.7 Å². The maximum Gasteiger partial charge on any atom is 0.0936 e. The van der Waals surface area contributed by atoms with Crippen molar-refractivity contribution in [1.82, 2.24) is 20.1 Å². The van der Waals surface area contributed by atoms with Gasteiger partial charge in [-0.05, 0) is 60.8 Å². The highest BCUT2D eigenvalue weighted by Gasteiger charge is 2.23. The molecule has 4 nitrogen and oxygen atoms in total. The average molecular weight is 351 g/mol. The van der Waals surface area contributed by atoms with E-state index in [9.17, 15) is 0 Å². The molecule has 0 aliphatic carbocycles. The molecular weight excluding hydrogens is 328 g/mol. The van der Waals surface area contributed by atoms with E-state index in [0.717, 1.165) is 35.4 Å². The molecule has 0 aliphatic heterocycles. The van der Waals surface area contributed by atoms with Crippen molar-refractivity contribution in [1.29, 1.82) is 0 Å². The summed E-state index contributed by atoms with van der Waals surface area (Å²) in [6.07, 6.45) is 4.88. The number of aromatic nitrogens is 3. The number of halogens is 1. The number of nitrogens with one attached hydrogen (secondary N) is 1. The highest BCUT2D eigenvalue weighted by Crippen LogP contribution is 2.29. The zero-order valence-electron chi connectivity index (χ0n) is 13.2. The molecule has 1 atom stereocenters. The monoisotopic (exact) mass is 350 g/mol. The molecule has 0 spiro atoms. The van der Waals surface area contributed by atoms with E-state index >= 15 is 0 Å². The Hall–Kier alpha value is -1.20. The van der Waals surface area contributed by atoms with Crippen LogP contribution in [0.15, 0.2) is 22.9 Å². The van der Waals surface area contributed by atoms with Crippen molar-refractivity contribution in [2.75, 3.05) is 6.54 Å². The van der Waals surface area contributed by atoms with Crippen LogP contribution in [0.25, 0.3) is 0 Å². The summed E-state index contributed by atoms with van der Waals surface area (Å²) in [6, 6.07) is 2.24. The summed E-state index contributed by atoms with van der Waals surface area (Å²) in [6.45, 7) is 10.3. The van der Waals surface area contributed by atoms with Crippen molar-refractivity contribution >= 4 is 15.9 Å². The normalized spacial score (nSPS) is 12.6. The van der Waals surface area contributed by atoms with E-state index in [1.165, 1.54) is 11.1 Å². The Kier molecular flexibility index (Phi) is 5.53. The molecule has 1 unspecified atom stereocenters. The molecule has 5 heteroatoms. The van der Waals surface area contributed by atoms with Crippen molar-refractivity contribution in [2.45, 2.75) is 46.7 Å². The lowest BCUT2D eigenvalue weighted by atomic mass is 10.0. The average Bonchev–Trinajstić information content (AvgIpc) is 2.82. The molecule has 2 aromatic rings. The molecule has 0 aromatic carbocycles. The Balaban J connectivity index is 2.49. The molecule has 0 bridgehead atoms. The molecule has 0 saturated carbocycles. The smallest absolute Gasteiger partial charge is 0.0936 e. The van der Waals surface area contributed by atoms with E-state index in [1.807, 2.05) is 17.1 Å². The maximum atomic E-state index is 4.68. The number of rotatable bonds is 6. The van der Waals surface area contributed by atoms with Crippen LogP contribution < -0.4 is 5.32 Å². The minimum Gasteiger partial charge on any atom is -0.304 e.